The smallest absolute Gasteiger partial charge is 0.296 e. The van der Waals surface area contributed by atoms with Crippen molar-refractivity contribution in [1.82, 2.24) is 30.8 Å². The quantitative estimate of drug-likeness (QED) is 0.607. The molecule has 2 rings (SSSR count). The molecule has 1 fully saturated rings. The molecule has 1 aromatic heterocycles. The highest BCUT2D eigenvalue weighted by Gasteiger charge is 2.41. The van der Waals surface area contributed by atoms with Gasteiger partial charge in [-0.1, -0.05) is 0 Å². The van der Waals surface area contributed by atoms with Gasteiger partial charge in [-0.05, 0) is 19.1 Å². The van der Waals surface area contributed by atoms with Crippen LogP contribution in [0.1, 0.15) is 24.5 Å². The molecule has 8 heteroatoms. The molecule has 86 valence electrons. The number of hydrogen-bond acceptors (Lipinski definition) is 5. The van der Waals surface area contributed by atoms with Gasteiger partial charge in [0.1, 0.15) is 5.54 Å². The fourth-order valence-corrected chi connectivity index (χ4v) is 1.63. The number of rotatable bonds is 1. The van der Waals surface area contributed by atoms with Crippen molar-refractivity contribution >= 4 is 11.8 Å². The number of carbonyl (C=O) groups excluding carboxylic acids is 2. The molecule has 0 saturated carbocycles. The summed E-state index contributed by atoms with van der Waals surface area (Å²) >= 11 is 0. The van der Waals surface area contributed by atoms with Gasteiger partial charge in [-0.25, -0.2) is 0 Å². The van der Waals surface area contributed by atoms with Crippen molar-refractivity contribution in [1.29, 1.82) is 0 Å². The Bertz CT molecular complexity index is 412. The van der Waals surface area contributed by atoms with Crippen molar-refractivity contribution in [2.24, 2.45) is 0 Å². The van der Waals surface area contributed by atoms with E-state index >= 15 is 0 Å². The van der Waals surface area contributed by atoms with Crippen LogP contribution in [0.15, 0.2) is 0 Å². The van der Waals surface area contributed by atoms with Gasteiger partial charge < -0.3 is 10.2 Å². The molecule has 2 heterocycles. The van der Waals surface area contributed by atoms with Crippen LogP contribution in [0, 0.1) is 0 Å². The molecule has 0 unspecified atom stereocenters. The van der Waals surface area contributed by atoms with Crippen LogP contribution in [0.2, 0.25) is 0 Å². The molecule has 2 amide bonds. The van der Waals surface area contributed by atoms with Crippen molar-refractivity contribution in [3.8, 4) is 0 Å². The van der Waals surface area contributed by atoms with E-state index in [4.69, 9.17) is 0 Å². The molecule has 2 N–H and O–H groups in total. The molecule has 0 spiro atoms. The SMILES string of the molecule is CC1(C)C(=O)NCCN1C(=O)c1nn[nH]n1. The maximum Gasteiger partial charge on any atom is 0.296 e. The zero-order valence-corrected chi connectivity index (χ0v) is 9.02. The van der Waals surface area contributed by atoms with Gasteiger partial charge in [-0.15, -0.1) is 10.2 Å². The van der Waals surface area contributed by atoms with E-state index in [1.54, 1.807) is 13.8 Å². The molecule has 8 nitrogen and oxygen atoms in total. The lowest BCUT2D eigenvalue weighted by molar-refractivity contribution is -0.133. The van der Waals surface area contributed by atoms with Crippen LogP contribution >= 0.6 is 0 Å². The summed E-state index contributed by atoms with van der Waals surface area (Å²) < 4.78 is 0. The Morgan fingerprint density at radius 2 is 2.25 bits per heavy atom. The number of nitrogens with one attached hydrogen (secondary N) is 2. The van der Waals surface area contributed by atoms with Gasteiger partial charge in [-0.2, -0.15) is 5.21 Å². The van der Waals surface area contributed by atoms with Gasteiger partial charge in [0.15, 0.2) is 0 Å². The Morgan fingerprint density at radius 3 is 2.88 bits per heavy atom. The zero-order valence-electron chi connectivity index (χ0n) is 9.02. The maximum atomic E-state index is 12.0. The number of nitrogens with zero attached hydrogens (tertiary/aromatic N) is 4. The summed E-state index contributed by atoms with van der Waals surface area (Å²) in [5, 5.41) is 15.5. The molecule has 1 aliphatic heterocycles. The summed E-state index contributed by atoms with van der Waals surface area (Å²) in [5.41, 5.74) is -0.893. The number of aromatic amines is 1. The first-order valence-corrected chi connectivity index (χ1v) is 4.87. The molecule has 16 heavy (non-hydrogen) atoms. The highest BCUT2D eigenvalue weighted by atomic mass is 16.2. The lowest BCUT2D eigenvalue weighted by Gasteiger charge is -2.40. The van der Waals surface area contributed by atoms with E-state index < -0.39 is 11.4 Å². The highest BCUT2D eigenvalue weighted by Crippen LogP contribution is 2.19. The van der Waals surface area contributed by atoms with Crippen molar-refractivity contribution < 1.29 is 9.59 Å². The van der Waals surface area contributed by atoms with Crippen molar-refractivity contribution in [3.63, 3.8) is 0 Å². The Kier molecular flexibility index (Phi) is 2.33. The minimum atomic E-state index is -0.893. The highest BCUT2D eigenvalue weighted by molar-refractivity contribution is 5.97. The molecule has 0 aliphatic carbocycles. The Labute approximate surface area is 91.4 Å². The average Bonchev–Trinajstić information content (AvgIpc) is 2.74. The fraction of sp³-hybridized carbons (Fsp3) is 0.625. The molecular formula is C8H12N6O2. The largest absolute Gasteiger partial charge is 0.352 e. The van der Waals surface area contributed by atoms with Crippen LogP contribution in [0.5, 0.6) is 0 Å². The van der Waals surface area contributed by atoms with Crippen LogP contribution in [0.4, 0.5) is 0 Å². The van der Waals surface area contributed by atoms with Crippen LogP contribution in [0.25, 0.3) is 0 Å². The number of piperazine rings is 1. The van der Waals surface area contributed by atoms with E-state index in [1.165, 1.54) is 4.90 Å². The number of hydrogen-bond donors (Lipinski definition) is 2. The summed E-state index contributed by atoms with van der Waals surface area (Å²) in [7, 11) is 0. The second-order valence-electron chi connectivity index (χ2n) is 4.01. The van der Waals surface area contributed by atoms with Gasteiger partial charge in [0.05, 0.1) is 0 Å². The maximum absolute atomic E-state index is 12.0. The van der Waals surface area contributed by atoms with Crippen molar-refractivity contribution in [2.45, 2.75) is 19.4 Å². The standard InChI is InChI=1S/C8H12N6O2/c1-8(2)7(16)9-3-4-14(8)6(15)5-10-12-13-11-5/h3-4H2,1-2H3,(H,9,16)(H,10,11,12,13). The fourth-order valence-electron chi connectivity index (χ4n) is 1.63. The van der Waals surface area contributed by atoms with E-state index in [2.05, 4.69) is 25.9 Å². The van der Waals surface area contributed by atoms with Gasteiger partial charge in [0.25, 0.3) is 11.7 Å². The Hall–Kier alpha value is -1.99. The van der Waals surface area contributed by atoms with E-state index in [0.717, 1.165) is 0 Å². The molecule has 0 radical (unpaired) electrons. The first kappa shape index (κ1) is 10.5. The van der Waals surface area contributed by atoms with Gasteiger partial charge in [0, 0.05) is 13.1 Å². The lowest BCUT2D eigenvalue weighted by atomic mass is 9.99. The van der Waals surface area contributed by atoms with Crippen LogP contribution < -0.4 is 5.32 Å². The first-order valence-electron chi connectivity index (χ1n) is 4.87. The molecule has 0 bridgehead atoms. The lowest BCUT2D eigenvalue weighted by Crippen LogP contribution is -2.63. The zero-order chi connectivity index (χ0) is 11.8. The van der Waals surface area contributed by atoms with E-state index in [9.17, 15) is 9.59 Å². The average molecular weight is 224 g/mol. The van der Waals surface area contributed by atoms with Gasteiger partial charge in [-0.3, -0.25) is 9.59 Å². The van der Waals surface area contributed by atoms with Crippen molar-refractivity contribution in [2.75, 3.05) is 13.1 Å². The van der Waals surface area contributed by atoms with Crippen LogP contribution in [-0.2, 0) is 4.79 Å². The van der Waals surface area contributed by atoms with Gasteiger partial charge in [0.2, 0.25) is 5.91 Å². The number of aromatic nitrogens is 4. The second kappa shape index (κ2) is 3.54. The summed E-state index contributed by atoms with van der Waals surface area (Å²) in [4.78, 5) is 25.1. The molecule has 0 aromatic carbocycles. The van der Waals surface area contributed by atoms with Crippen LogP contribution in [-0.4, -0.2) is 56.0 Å². The third-order valence-corrected chi connectivity index (χ3v) is 2.63. The summed E-state index contributed by atoms with van der Waals surface area (Å²) in [6, 6.07) is 0. The Balaban J connectivity index is 2.26. The van der Waals surface area contributed by atoms with Gasteiger partial charge >= 0.3 is 0 Å². The van der Waals surface area contributed by atoms with E-state index in [1.807, 2.05) is 0 Å². The summed E-state index contributed by atoms with van der Waals surface area (Å²) in [6.45, 7) is 4.23. The number of carbonyl (C=O) groups is 2. The number of H-pyrrole nitrogens is 1. The molecule has 1 aliphatic rings. The third kappa shape index (κ3) is 1.51. The Morgan fingerprint density at radius 1 is 1.50 bits per heavy atom. The predicted octanol–water partition coefficient (Wildman–Crippen LogP) is -1.45. The third-order valence-electron chi connectivity index (χ3n) is 2.63. The topological polar surface area (TPSA) is 104 Å². The minimum absolute atomic E-state index is 0.0252. The summed E-state index contributed by atoms with van der Waals surface area (Å²) in [6.07, 6.45) is 0. The minimum Gasteiger partial charge on any atom is -0.352 e. The summed E-state index contributed by atoms with van der Waals surface area (Å²) in [5.74, 6) is -0.605. The normalized spacial score (nSPS) is 19.4. The monoisotopic (exact) mass is 224 g/mol. The van der Waals surface area contributed by atoms with Crippen LogP contribution in [0.3, 0.4) is 0 Å². The molecule has 1 aromatic rings. The molecular weight excluding hydrogens is 212 g/mol. The second-order valence-corrected chi connectivity index (χ2v) is 4.01. The van der Waals surface area contributed by atoms with E-state index in [0.29, 0.717) is 13.1 Å². The van der Waals surface area contributed by atoms with Crippen molar-refractivity contribution in [3.05, 3.63) is 5.82 Å². The van der Waals surface area contributed by atoms with E-state index in [-0.39, 0.29) is 11.7 Å². The molecule has 0 atom stereocenters. The molecule has 1 saturated heterocycles. The number of tetrazole rings is 1. The first-order chi connectivity index (χ1) is 7.53. The predicted molar refractivity (Wildman–Crippen MR) is 52.3 cm³/mol. The number of amides is 2.